The number of aromatic nitrogens is 3. The standard InChI is InChI=1S/C35H49Cl2F3N4O5Si/c1-6-47-32(46)33(5)14-10-23(11-15-33)44-30(35(38,39)40)25(18-42-44)31(45)43(22-34-16-12-24(48-34)13-17-34)21-28(49-50(7-2,8-3)9-4)29-26(36)19-41-20-27(29)37/h18-20,23-24,28H,6-17,21-22H2,1-5H3/t23-,24?,28?,33-,34?. The van der Waals surface area contributed by atoms with Crippen molar-refractivity contribution in [2.45, 2.75) is 134 Å². The van der Waals surface area contributed by atoms with Gasteiger partial charge in [0.15, 0.2) is 14.0 Å². The summed E-state index contributed by atoms with van der Waals surface area (Å²) in [7, 11) is -2.37. The SMILES string of the molecule is CCOC(=O)[C@]1(C)CC[C@@H](n2ncc(C(=O)N(CC(O[Si](CC)(CC)CC)c3c(Cl)cncc3Cl)CC34CCC(CC3)O4)c2C(F)(F)F)CC1. The van der Waals surface area contributed by atoms with Crippen LogP contribution in [0.5, 0.6) is 0 Å². The van der Waals surface area contributed by atoms with Gasteiger partial charge < -0.3 is 18.8 Å². The van der Waals surface area contributed by atoms with Crippen LogP contribution in [0.1, 0.15) is 120 Å². The average molecular weight is 762 g/mol. The topological polar surface area (TPSA) is 95.8 Å². The highest BCUT2D eigenvalue weighted by Crippen LogP contribution is 2.47. The van der Waals surface area contributed by atoms with Crippen molar-refractivity contribution in [1.29, 1.82) is 0 Å². The highest BCUT2D eigenvalue weighted by atomic mass is 35.5. The van der Waals surface area contributed by atoms with Gasteiger partial charge in [0.25, 0.3) is 5.91 Å². The second kappa shape index (κ2) is 15.4. The molecular weight excluding hydrogens is 712 g/mol. The number of halogens is 5. The van der Waals surface area contributed by atoms with Crippen molar-refractivity contribution >= 4 is 43.4 Å². The molecule has 3 aliphatic rings. The molecule has 1 atom stereocenters. The van der Waals surface area contributed by atoms with E-state index in [0.29, 0.717) is 31.2 Å². The Morgan fingerprint density at radius 1 is 1.02 bits per heavy atom. The molecule has 2 aromatic rings. The first-order chi connectivity index (χ1) is 23.6. The van der Waals surface area contributed by atoms with Gasteiger partial charge in [-0.1, -0.05) is 44.0 Å². The van der Waals surface area contributed by atoms with Gasteiger partial charge in [0, 0.05) is 18.0 Å². The Morgan fingerprint density at radius 3 is 2.12 bits per heavy atom. The molecule has 0 N–H and O–H groups in total. The molecule has 15 heteroatoms. The highest BCUT2D eigenvalue weighted by Gasteiger charge is 2.50. The number of pyridine rings is 1. The van der Waals surface area contributed by atoms with Crippen LogP contribution in [0.3, 0.4) is 0 Å². The molecule has 1 amide bonds. The monoisotopic (exact) mass is 760 g/mol. The Morgan fingerprint density at radius 2 is 1.62 bits per heavy atom. The van der Waals surface area contributed by atoms with Crippen molar-refractivity contribution in [3.8, 4) is 0 Å². The molecule has 1 saturated carbocycles. The number of hydrogen-bond acceptors (Lipinski definition) is 7. The molecule has 2 aromatic heterocycles. The van der Waals surface area contributed by atoms with Crippen molar-refractivity contribution in [2.75, 3.05) is 19.7 Å². The molecule has 2 saturated heterocycles. The highest BCUT2D eigenvalue weighted by molar-refractivity contribution is 6.73. The first-order valence-corrected chi connectivity index (χ1v) is 21.2. The Hall–Kier alpha value is -2.19. The number of alkyl halides is 3. The predicted molar refractivity (Wildman–Crippen MR) is 187 cm³/mol. The molecule has 0 spiro atoms. The molecule has 1 unspecified atom stereocenters. The minimum Gasteiger partial charge on any atom is -0.466 e. The van der Waals surface area contributed by atoms with Gasteiger partial charge >= 0.3 is 12.1 Å². The second-order valence-electron chi connectivity index (χ2n) is 14.4. The molecule has 2 bridgehead atoms. The molecule has 9 nitrogen and oxygen atoms in total. The van der Waals surface area contributed by atoms with Crippen molar-refractivity contribution in [3.05, 3.63) is 45.5 Å². The zero-order valence-corrected chi connectivity index (χ0v) is 32.1. The van der Waals surface area contributed by atoms with Gasteiger partial charge in [0.1, 0.15) is 0 Å². The molecule has 3 fully saturated rings. The lowest BCUT2D eigenvalue weighted by Gasteiger charge is -2.39. The molecule has 50 heavy (non-hydrogen) atoms. The fourth-order valence-electron chi connectivity index (χ4n) is 8.13. The Kier molecular flexibility index (Phi) is 12.0. The van der Waals surface area contributed by atoms with Gasteiger partial charge in [0.2, 0.25) is 0 Å². The molecular formula is C35H49Cl2F3N4O5Si. The maximum Gasteiger partial charge on any atom is 0.433 e. The summed E-state index contributed by atoms with van der Waals surface area (Å²) in [5.74, 6) is -1.16. The molecule has 1 aliphatic carbocycles. The van der Waals surface area contributed by atoms with Crippen LogP contribution in [0.4, 0.5) is 13.2 Å². The maximum atomic E-state index is 15.1. The van der Waals surface area contributed by atoms with E-state index in [4.69, 9.17) is 37.1 Å². The second-order valence-corrected chi connectivity index (χ2v) is 20.0. The van der Waals surface area contributed by atoms with Crippen molar-refractivity contribution in [1.82, 2.24) is 19.7 Å². The Bertz CT molecular complexity index is 1490. The first-order valence-electron chi connectivity index (χ1n) is 17.9. The largest absolute Gasteiger partial charge is 0.466 e. The summed E-state index contributed by atoms with van der Waals surface area (Å²) in [5, 5.41) is 4.72. The quantitative estimate of drug-likeness (QED) is 0.140. The van der Waals surface area contributed by atoms with Gasteiger partial charge in [0.05, 0.1) is 70.8 Å². The summed E-state index contributed by atoms with van der Waals surface area (Å²) in [4.78, 5) is 32.8. The third-order valence-corrected chi connectivity index (χ3v) is 16.7. The van der Waals surface area contributed by atoms with E-state index >= 15 is 13.2 Å². The van der Waals surface area contributed by atoms with E-state index in [-0.39, 0.29) is 54.7 Å². The van der Waals surface area contributed by atoms with Crippen molar-refractivity contribution in [3.63, 3.8) is 0 Å². The van der Waals surface area contributed by atoms with Crippen molar-refractivity contribution in [2.24, 2.45) is 5.41 Å². The van der Waals surface area contributed by atoms with Crippen LogP contribution in [-0.4, -0.2) is 71.3 Å². The summed E-state index contributed by atoms with van der Waals surface area (Å²) in [5.41, 5.74) is -2.62. The normalized spacial score (nSPS) is 25.9. The fraction of sp³-hybridized carbons (Fsp3) is 0.714. The lowest BCUT2D eigenvalue weighted by atomic mass is 9.74. The van der Waals surface area contributed by atoms with Crippen molar-refractivity contribution < 1.29 is 36.7 Å². The van der Waals surface area contributed by atoms with Gasteiger partial charge in [-0.2, -0.15) is 18.3 Å². The van der Waals surface area contributed by atoms with Gasteiger partial charge in [-0.25, -0.2) is 0 Å². The lowest BCUT2D eigenvalue weighted by Crippen LogP contribution is -2.48. The molecule has 5 rings (SSSR count). The van der Waals surface area contributed by atoms with E-state index in [0.717, 1.165) is 41.9 Å². The zero-order valence-electron chi connectivity index (χ0n) is 29.6. The summed E-state index contributed by atoms with van der Waals surface area (Å²) < 4.78 is 64.7. The Labute approximate surface area is 303 Å². The number of hydrogen-bond donors (Lipinski definition) is 0. The third kappa shape index (κ3) is 7.91. The van der Waals surface area contributed by atoms with E-state index in [2.05, 4.69) is 30.9 Å². The van der Waals surface area contributed by atoms with Crippen LogP contribution in [0.25, 0.3) is 0 Å². The van der Waals surface area contributed by atoms with Crippen LogP contribution >= 0.6 is 23.2 Å². The van der Waals surface area contributed by atoms with Gasteiger partial charge in [-0.15, -0.1) is 0 Å². The summed E-state index contributed by atoms with van der Waals surface area (Å²) in [6.07, 6.45) is 2.65. The Balaban J connectivity index is 1.54. The van der Waals surface area contributed by atoms with Crippen LogP contribution in [0, 0.1) is 5.41 Å². The number of esters is 1. The third-order valence-electron chi connectivity index (χ3n) is 11.4. The minimum absolute atomic E-state index is 0.0727. The van der Waals surface area contributed by atoms with Crippen LogP contribution < -0.4 is 0 Å². The molecule has 2 aliphatic heterocycles. The number of nitrogens with zero attached hydrogens (tertiary/aromatic N) is 4. The van der Waals surface area contributed by atoms with Crippen LogP contribution in [0.2, 0.25) is 28.2 Å². The number of ether oxygens (including phenoxy) is 2. The number of fused-ring (bicyclic) bond motifs is 2. The average Bonchev–Trinajstić information content (AvgIpc) is 3.82. The smallest absolute Gasteiger partial charge is 0.433 e. The fourth-order valence-corrected chi connectivity index (χ4v) is 11.5. The van der Waals surface area contributed by atoms with E-state index < -0.39 is 54.8 Å². The molecule has 4 heterocycles. The summed E-state index contributed by atoms with van der Waals surface area (Å²) in [6.45, 7) is 9.96. The molecule has 0 radical (unpaired) electrons. The van der Waals surface area contributed by atoms with E-state index in [1.807, 2.05) is 0 Å². The zero-order chi connectivity index (χ0) is 36.5. The number of rotatable bonds is 14. The maximum absolute atomic E-state index is 15.1. The molecule has 0 aromatic carbocycles. The van der Waals surface area contributed by atoms with Gasteiger partial charge in [-0.05, 0) is 83.3 Å². The lowest BCUT2D eigenvalue weighted by molar-refractivity contribution is -0.157. The van der Waals surface area contributed by atoms with E-state index in [9.17, 15) is 9.59 Å². The van der Waals surface area contributed by atoms with Crippen LogP contribution in [0.15, 0.2) is 18.6 Å². The number of carbonyl (C=O) groups excluding carboxylic acids is 2. The summed E-state index contributed by atoms with van der Waals surface area (Å²) in [6, 6.07) is 1.73. The van der Waals surface area contributed by atoms with Crippen LogP contribution in [-0.2, 0) is 24.9 Å². The minimum atomic E-state index is -4.88. The first kappa shape index (κ1) is 39.0. The number of carbonyl (C=O) groups is 2. The van der Waals surface area contributed by atoms with E-state index in [1.54, 1.807) is 13.8 Å². The predicted octanol–water partition coefficient (Wildman–Crippen LogP) is 9.21. The van der Waals surface area contributed by atoms with Gasteiger partial charge in [-0.3, -0.25) is 19.3 Å². The number of amides is 1. The summed E-state index contributed by atoms with van der Waals surface area (Å²) >= 11 is 13.4. The molecule has 278 valence electrons. The van der Waals surface area contributed by atoms with E-state index in [1.165, 1.54) is 17.3 Å².